The van der Waals surface area contributed by atoms with Crippen molar-refractivity contribution < 1.29 is 19.5 Å². The minimum Gasteiger partial charge on any atom is -0.507 e. The molecule has 0 aliphatic carbocycles. The molecule has 0 aromatic heterocycles. The van der Waals surface area contributed by atoms with Gasteiger partial charge in [-0.1, -0.05) is 23.8 Å². The fourth-order valence-electron chi connectivity index (χ4n) is 3.30. The molecule has 1 aromatic carbocycles. The van der Waals surface area contributed by atoms with Crippen molar-refractivity contribution in [1.29, 1.82) is 0 Å². The van der Waals surface area contributed by atoms with Crippen LogP contribution in [0.5, 0.6) is 0 Å². The van der Waals surface area contributed by atoms with Crippen LogP contribution in [-0.4, -0.2) is 41.9 Å². The molecule has 2 aliphatic heterocycles. The van der Waals surface area contributed by atoms with Crippen molar-refractivity contribution in [3.05, 3.63) is 40.6 Å². The lowest BCUT2D eigenvalue weighted by Crippen LogP contribution is -2.45. The second-order valence-corrected chi connectivity index (χ2v) is 6.04. The third-order valence-electron chi connectivity index (χ3n) is 4.60. The number of aliphatic hydroxyl groups excluding tert-OH is 1. The maximum Gasteiger partial charge on any atom is 0.343 e. The van der Waals surface area contributed by atoms with Gasteiger partial charge < -0.3 is 14.7 Å². The Morgan fingerprint density at radius 3 is 2.55 bits per heavy atom. The van der Waals surface area contributed by atoms with Crippen LogP contribution in [0.3, 0.4) is 0 Å². The van der Waals surface area contributed by atoms with Crippen LogP contribution in [0.15, 0.2) is 24.0 Å². The van der Waals surface area contributed by atoms with Crippen LogP contribution in [0, 0.1) is 13.8 Å². The molecule has 1 fully saturated rings. The molecule has 0 unspecified atom stereocenters. The van der Waals surface area contributed by atoms with Crippen molar-refractivity contribution in [1.82, 2.24) is 5.06 Å². The van der Waals surface area contributed by atoms with E-state index in [1.165, 1.54) is 0 Å². The molecule has 0 bridgehead atoms. The van der Waals surface area contributed by atoms with E-state index in [0.29, 0.717) is 31.5 Å². The van der Waals surface area contributed by atoms with E-state index in [-0.39, 0.29) is 5.76 Å². The highest BCUT2D eigenvalue weighted by atomic mass is 16.7. The van der Waals surface area contributed by atoms with Crippen molar-refractivity contribution >= 4 is 11.5 Å². The molecule has 2 heterocycles. The van der Waals surface area contributed by atoms with Gasteiger partial charge in [-0.15, -0.1) is 0 Å². The fraction of sp³-hybridized carbons (Fsp3) is 0.471. The van der Waals surface area contributed by atoms with Crippen LogP contribution in [0.1, 0.15) is 29.5 Å². The highest BCUT2D eigenvalue weighted by Crippen LogP contribution is 2.43. The van der Waals surface area contributed by atoms with Crippen molar-refractivity contribution in [2.24, 2.45) is 0 Å². The monoisotopic (exact) mass is 303 g/mol. The van der Waals surface area contributed by atoms with E-state index in [9.17, 15) is 9.90 Å². The lowest BCUT2D eigenvalue weighted by atomic mass is 9.87. The Morgan fingerprint density at radius 1 is 1.27 bits per heavy atom. The second kappa shape index (κ2) is 5.41. The van der Waals surface area contributed by atoms with Gasteiger partial charge in [0.1, 0.15) is 5.57 Å². The Kier molecular flexibility index (Phi) is 3.70. The Morgan fingerprint density at radius 2 is 1.95 bits per heavy atom. The number of hydrogen-bond acceptors (Lipinski definition) is 5. The van der Waals surface area contributed by atoms with E-state index < -0.39 is 11.6 Å². The average Bonchev–Trinajstić information content (AvgIpc) is 2.72. The number of piperidine rings is 1. The van der Waals surface area contributed by atoms with Gasteiger partial charge in [0.25, 0.3) is 0 Å². The smallest absolute Gasteiger partial charge is 0.343 e. The first-order chi connectivity index (χ1) is 10.5. The maximum absolute atomic E-state index is 12.4. The predicted molar refractivity (Wildman–Crippen MR) is 82.1 cm³/mol. The molecule has 22 heavy (non-hydrogen) atoms. The molecule has 3 rings (SSSR count). The quantitative estimate of drug-likeness (QED) is 0.851. The molecule has 0 amide bonds. The maximum atomic E-state index is 12.4. The van der Waals surface area contributed by atoms with Gasteiger partial charge in [0.2, 0.25) is 0 Å². The number of hydrogen-bond donors (Lipinski definition) is 1. The number of aliphatic hydroxyl groups is 1. The van der Waals surface area contributed by atoms with E-state index >= 15 is 0 Å². The van der Waals surface area contributed by atoms with Gasteiger partial charge in [0, 0.05) is 25.9 Å². The standard InChI is InChI=1S/C17H21NO4/c1-11-4-5-13(12(2)10-11)14-15(19)17(22-16(14)20)6-8-18(21-3)9-7-17/h4-5,10,19H,6-9H2,1-3H3. The number of hydroxylamine groups is 2. The highest BCUT2D eigenvalue weighted by molar-refractivity contribution is 6.20. The number of esters is 1. The molecule has 0 saturated carbocycles. The molecule has 1 N–H and O–H groups in total. The summed E-state index contributed by atoms with van der Waals surface area (Å²) in [6.45, 7) is 5.18. The highest BCUT2D eigenvalue weighted by Gasteiger charge is 2.50. The number of carbonyl (C=O) groups excluding carboxylic acids is 1. The van der Waals surface area contributed by atoms with Gasteiger partial charge in [-0.25, -0.2) is 4.79 Å². The number of rotatable bonds is 2. The number of carbonyl (C=O) groups is 1. The van der Waals surface area contributed by atoms with Crippen LogP contribution >= 0.6 is 0 Å². The largest absolute Gasteiger partial charge is 0.507 e. The second-order valence-electron chi connectivity index (χ2n) is 6.04. The average molecular weight is 303 g/mol. The molecule has 1 spiro atoms. The zero-order chi connectivity index (χ0) is 15.9. The first-order valence-corrected chi connectivity index (χ1v) is 7.50. The van der Waals surface area contributed by atoms with Crippen LogP contribution < -0.4 is 0 Å². The normalized spacial score (nSPS) is 21.5. The summed E-state index contributed by atoms with van der Waals surface area (Å²) in [5.74, 6) is -0.365. The summed E-state index contributed by atoms with van der Waals surface area (Å²) in [5, 5.41) is 12.5. The molecule has 1 aromatic rings. The van der Waals surface area contributed by atoms with Gasteiger partial charge in [-0.2, -0.15) is 5.06 Å². The van der Waals surface area contributed by atoms with E-state index in [0.717, 1.165) is 16.7 Å². The van der Waals surface area contributed by atoms with Gasteiger partial charge in [0.15, 0.2) is 11.4 Å². The van der Waals surface area contributed by atoms with E-state index in [2.05, 4.69) is 0 Å². The lowest BCUT2D eigenvalue weighted by Gasteiger charge is -2.36. The van der Waals surface area contributed by atoms with Crippen LogP contribution in [0.4, 0.5) is 0 Å². The van der Waals surface area contributed by atoms with E-state index in [1.807, 2.05) is 37.1 Å². The van der Waals surface area contributed by atoms with Gasteiger partial charge >= 0.3 is 5.97 Å². The minimum absolute atomic E-state index is 0.0696. The van der Waals surface area contributed by atoms with Crippen LogP contribution in [0.2, 0.25) is 0 Å². The first-order valence-electron chi connectivity index (χ1n) is 7.50. The summed E-state index contributed by atoms with van der Waals surface area (Å²) in [5.41, 5.74) is 2.25. The Hall–Kier alpha value is -1.85. The van der Waals surface area contributed by atoms with Crippen molar-refractivity contribution in [2.45, 2.75) is 32.3 Å². The molecule has 118 valence electrons. The fourth-order valence-corrected chi connectivity index (χ4v) is 3.30. The Balaban J connectivity index is 1.99. The first kappa shape index (κ1) is 15.1. The summed E-state index contributed by atoms with van der Waals surface area (Å²) >= 11 is 0. The SMILES string of the molecule is CON1CCC2(CC1)OC(=O)C(c1ccc(C)cc1C)=C2O. The molecule has 0 radical (unpaired) electrons. The van der Waals surface area contributed by atoms with Crippen molar-refractivity contribution in [3.63, 3.8) is 0 Å². The van der Waals surface area contributed by atoms with E-state index in [1.54, 1.807) is 7.11 Å². The molecule has 2 aliphatic rings. The number of nitrogens with zero attached hydrogens (tertiary/aromatic N) is 1. The summed E-state index contributed by atoms with van der Waals surface area (Å²) in [6, 6.07) is 5.82. The number of benzene rings is 1. The van der Waals surface area contributed by atoms with Crippen LogP contribution in [0.25, 0.3) is 5.57 Å². The zero-order valence-corrected chi connectivity index (χ0v) is 13.2. The van der Waals surface area contributed by atoms with Crippen molar-refractivity contribution in [2.75, 3.05) is 20.2 Å². The third kappa shape index (κ3) is 2.30. The summed E-state index contributed by atoms with van der Waals surface area (Å²) in [7, 11) is 1.62. The molecule has 1 saturated heterocycles. The lowest BCUT2D eigenvalue weighted by molar-refractivity contribution is -0.182. The van der Waals surface area contributed by atoms with Crippen LogP contribution in [-0.2, 0) is 14.4 Å². The Labute approximate surface area is 130 Å². The van der Waals surface area contributed by atoms with Gasteiger partial charge in [0.05, 0.1) is 7.11 Å². The Bertz CT molecular complexity index is 642. The topological polar surface area (TPSA) is 59.0 Å². The molecule has 0 atom stereocenters. The van der Waals surface area contributed by atoms with Crippen molar-refractivity contribution in [3.8, 4) is 0 Å². The van der Waals surface area contributed by atoms with E-state index in [4.69, 9.17) is 9.57 Å². The summed E-state index contributed by atoms with van der Waals surface area (Å²) in [4.78, 5) is 17.6. The van der Waals surface area contributed by atoms with Gasteiger partial charge in [-0.3, -0.25) is 0 Å². The van der Waals surface area contributed by atoms with Gasteiger partial charge in [-0.05, 0) is 25.0 Å². The molecular weight excluding hydrogens is 282 g/mol. The number of aryl methyl sites for hydroxylation is 2. The third-order valence-corrected chi connectivity index (χ3v) is 4.60. The summed E-state index contributed by atoms with van der Waals surface area (Å²) < 4.78 is 5.60. The minimum atomic E-state index is -0.890. The number of ether oxygens (including phenoxy) is 1. The summed E-state index contributed by atoms with van der Waals surface area (Å²) in [6.07, 6.45) is 1.07. The zero-order valence-electron chi connectivity index (χ0n) is 13.2. The molecule has 5 nitrogen and oxygen atoms in total. The molecule has 5 heteroatoms. The molecular formula is C17H21NO4. The predicted octanol–water partition coefficient (Wildman–Crippen LogP) is 2.53.